The number of ether oxygens (including phenoxy) is 1. The molecule has 0 fully saturated rings. The van der Waals surface area contributed by atoms with Gasteiger partial charge in [-0.2, -0.15) is 0 Å². The molecule has 3 nitrogen and oxygen atoms in total. The zero-order valence-corrected chi connectivity index (χ0v) is 10.2. The molecule has 0 radical (unpaired) electrons. The van der Waals surface area contributed by atoms with Crippen molar-refractivity contribution in [3.63, 3.8) is 0 Å². The van der Waals surface area contributed by atoms with Gasteiger partial charge in [0.25, 0.3) is 0 Å². The SMILES string of the molecule is COC(=O)c1cccc([C@@H](N)c2cccs2)c1. The van der Waals surface area contributed by atoms with Gasteiger partial charge >= 0.3 is 5.97 Å². The lowest BCUT2D eigenvalue weighted by atomic mass is 10.0. The molecule has 2 rings (SSSR count). The number of carbonyl (C=O) groups is 1. The summed E-state index contributed by atoms with van der Waals surface area (Å²) < 4.78 is 4.68. The van der Waals surface area contributed by atoms with Gasteiger partial charge in [0.15, 0.2) is 0 Å². The number of carbonyl (C=O) groups excluding carboxylic acids is 1. The van der Waals surface area contributed by atoms with E-state index in [1.807, 2.05) is 29.6 Å². The molecule has 4 heteroatoms. The van der Waals surface area contributed by atoms with Crippen LogP contribution >= 0.6 is 11.3 Å². The summed E-state index contributed by atoms with van der Waals surface area (Å²) in [4.78, 5) is 12.5. The van der Waals surface area contributed by atoms with Crippen molar-refractivity contribution < 1.29 is 9.53 Å². The number of benzene rings is 1. The number of hydrogen-bond acceptors (Lipinski definition) is 4. The van der Waals surface area contributed by atoms with Gasteiger partial charge in [-0.25, -0.2) is 4.79 Å². The van der Waals surface area contributed by atoms with Gasteiger partial charge in [0.1, 0.15) is 0 Å². The Morgan fingerprint density at radius 2 is 2.18 bits per heavy atom. The van der Waals surface area contributed by atoms with E-state index in [0.717, 1.165) is 10.4 Å². The van der Waals surface area contributed by atoms with Crippen molar-refractivity contribution in [2.24, 2.45) is 5.73 Å². The van der Waals surface area contributed by atoms with Crippen LogP contribution in [-0.2, 0) is 4.74 Å². The molecule has 1 atom stereocenters. The summed E-state index contributed by atoms with van der Waals surface area (Å²) in [5.41, 5.74) is 7.57. The van der Waals surface area contributed by atoms with Crippen molar-refractivity contribution in [3.8, 4) is 0 Å². The lowest BCUT2D eigenvalue weighted by Gasteiger charge is -2.10. The molecule has 1 heterocycles. The van der Waals surface area contributed by atoms with Crippen LogP contribution in [0, 0.1) is 0 Å². The lowest BCUT2D eigenvalue weighted by molar-refractivity contribution is 0.0600. The molecule has 0 aliphatic heterocycles. The Kier molecular flexibility index (Phi) is 3.56. The van der Waals surface area contributed by atoms with Crippen LogP contribution in [0.25, 0.3) is 0 Å². The fourth-order valence-electron chi connectivity index (χ4n) is 1.61. The van der Waals surface area contributed by atoms with Crippen LogP contribution in [0.15, 0.2) is 41.8 Å². The molecule has 88 valence electrons. The second-order valence-electron chi connectivity index (χ2n) is 3.61. The van der Waals surface area contributed by atoms with Crippen LogP contribution in [0.4, 0.5) is 0 Å². The first kappa shape index (κ1) is 11.8. The predicted molar refractivity (Wildman–Crippen MR) is 68.1 cm³/mol. The molecular formula is C13H13NO2S. The number of methoxy groups -OCH3 is 1. The summed E-state index contributed by atoms with van der Waals surface area (Å²) >= 11 is 1.60. The Morgan fingerprint density at radius 1 is 1.35 bits per heavy atom. The third-order valence-corrected chi connectivity index (χ3v) is 3.47. The molecule has 0 aliphatic rings. The largest absolute Gasteiger partial charge is 0.465 e. The van der Waals surface area contributed by atoms with Crippen molar-refractivity contribution in [1.82, 2.24) is 0 Å². The highest BCUT2D eigenvalue weighted by Gasteiger charge is 2.12. The van der Waals surface area contributed by atoms with Crippen LogP contribution in [-0.4, -0.2) is 13.1 Å². The van der Waals surface area contributed by atoms with Gasteiger partial charge in [-0.05, 0) is 29.1 Å². The Balaban J connectivity index is 2.30. The fraction of sp³-hybridized carbons (Fsp3) is 0.154. The van der Waals surface area contributed by atoms with E-state index in [9.17, 15) is 4.79 Å². The zero-order valence-electron chi connectivity index (χ0n) is 9.42. The summed E-state index contributed by atoms with van der Waals surface area (Å²) in [6.07, 6.45) is 0. The highest BCUT2D eigenvalue weighted by molar-refractivity contribution is 7.10. The molecule has 0 bridgehead atoms. The molecule has 0 amide bonds. The first-order valence-electron chi connectivity index (χ1n) is 5.19. The normalized spacial score (nSPS) is 12.1. The van der Waals surface area contributed by atoms with E-state index in [4.69, 9.17) is 5.73 Å². The van der Waals surface area contributed by atoms with Crippen molar-refractivity contribution in [1.29, 1.82) is 0 Å². The average molecular weight is 247 g/mol. The standard InChI is InChI=1S/C13H13NO2S/c1-16-13(15)10-5-2-4-9(8-10)12(14)11-6-3-7-17-11/h2-8,12H,14H2,1H3/t12-/m1/s1. The van der Waals surface area contributed by atoms with Crippen molar-refractivity contribution in [2.45, 2.75) is 6.04 Å². The van der Waals surface area contributed by atoms with Crippen LogP contribution in [0.1, 0.15) is 26.8 Å². The van der Waals surface area contributed by atoms with E-state index in [-0.39, 0.29) is 12.0 Å². The highest BCUT2D eigenvalue weighted by Crippen LogP contribution is 2.24. The maximum atomic E-state index is 11.4. The van der Waals surface area contributed by atoms with Crippen molar-refractivity contribution in [3.05, 3.63) is 57.8 Å². The molecular weight excluding hydrogens is 234 g/mol. The number of nitrogens with two attached hydrogens (primary N) is 1. The molecule has 17 heavy (non-hydrogen) atoms. The summed E-state index contributed by atoms with van der Waals surface area (Å²) in [7, 11) is 1.37. The maximum absolute atomic E-state index is 11.4. The number of thiophene rings is 1. The minimum absolute atomic E-state index is 0.195. The van der Waals surface area contributed by atoms with Crippen LogP contribution in [0.2, 0.25) is 0 Å². The lowest BCUT2D eigenvalue weighted by Crippen LogP contribution is -2.11. The fourth-order valence-corrected chi connectivity index (χ4v) is 2.36. The Labute approximate surface area is 104 Å². The number of hydrogen-bond donors (Lipinski definition) is 1. The molecule has 1 aromatic carbocycles. The van der Waals surface area contributed by atoms with E-state index in [0.29, 0.717) is 5.56 Å². The second kappa shape index (κ2) is 5.12. The predicted octanol–water partition coefficient (Wildman–Crippen LogP) is 2.58. The molecule has 2 aromatic rings. The van der Waals surface area contributed by atoms with Crippen LogP contribution < -0.4 is 5.73 Å². The number of esters is 1. The minimum atomic E-state index is -0.342. The van der Waals surface area contributed by atoms with Crippen LogP contribution in [0.3, 0.4) is 0 Å². The highest BCUT2D eigenvalue weighted by atomic mass is 32.1. The van der Waals surface area contributed by atoms with Gasteiger partial charge in [-0.3, -0.25) is 0 Å². The van der Waals surface area contributed by atoms with Gasteiger partial charge in [-0.15, -0.1) is 11.3 Å². The van der Waals surface area contributed by atoms with E-state index >= 15 is 0 Å². The third kappa shape index (κ3) is 2.54. The topological polar surface area (TPSA) is 52.3 Å². The van der Waals surface area contributed by atoms with E-state index in [2.05, 4.69) is 4.74 Å². The zero-order chi connectivity index (χ0) is 12.3. The summed E-state index contributed by atoms with van der Waals surface area (Å²) in [6.45, 7) is 0. The monoisotopic (exact) mass is 247 g/mol. The van der Waals surface area contributed by atoms with Gasteiger partial charge in [0.05, 0.1) is 18.7 Å². The molecule has 0 spiro atoms. The minimum Gasteiger partial charge on any atom is -0.465 e. The van der Waals surface area contributed by atoms with E-state index in [1.165, 1.54) is 7.11 Å². The summed E-state index contributed by atoms with van der Waals surface area (Å²) in [5.74, 6) is -0.342. The first-order valence-corrected chi connectivity index (χ1v) is 6.07. The smallest absolute Gasteiger partial charge is 0.337 e. The van der Waals surface area contributed by atoms with Crippen LogP contribution in [0.5, 0.6) is 0 Å². The first-order chi connectivity index (χ1) is 8.22. The van der Waals surface area contributed by atoms with Gasteiger partial charge in [-0.1, -0.05) is 18.2 Å². The summed E-state index contributed by atoms with van der Waals surface area (Å²) in [6, 6.07) is 11.0. The summed E-state index contributed by atoms with van der Waals surface area (Å²) in [5, 5.41) is 1.99. The van der Waals surface area contributed by atoms with Gasteiger partial charge in [0.2, 0.25) is 0 Å². The number of rotatable bonds is 3. The van der Waals surface area contributed by atoms with E-state index in [1.54, 1.807) is 23.5 Å². The molecule has 0 aliphatic carbocycles. The maximum Gasteiger partial charge on any atom is 0.337 e. The second-order valence-corrected chi connectivity index (χ2v) is 4.59. The Hall–Kier alpha value is -1.65. The quantitative estimate of drug-likeness (QED) is 0.848. The Bertz CT molecular complexity index is 508. The molecule has 2 N–H and O–H groups in total. The van der Waals surface area contributed by atoms with Gasteiger partial charge in [0, 0.05) is 4.88 Å². The molecule has 0 unspecified atom stereocenters. The average Bonchev–Trinajstić information content (AvgIpc) is 2.91. The van der Waals surface area contributed by atoms with Gasteiger partial charge < -0.3 is 10.5 Å². The van der Waals surface area contributed by atoms with E-state index < -0.39 is 0 Å². The third-order valence-electron chi connectivity index (χ3n) is 2.52. The van der Waals surface area contributed by atoms with Crippen molar-refractivity contribution in [2.75, 3.05) is 7.11 Å². The molecule has 0 saturated heterocycles. The van der Waals surface area contributed by atoms with Crippen molar-refractivity contribution >= 4 is 17.3 Å². The molecule has 0 saturated carbocycles. The Morgan fingerprint density at radius 3 is 2.82 bits per heavy atom. The molecule has 1 aromatic heterocycles.